The lowest BCUT2D eigenvalue weighted by Gasteiger charge is -2.15. The quantitative estimate of drug-likeness (QED) is 0.717. The van der Waals surface area contributed by atoms with E-state index in [-0.39, 0.29) is 0 Å². The van der Waals surface area contributed by atoms with E-state index in [1.165, 1.54) is 18.5 Å². The Bertz CT molecular complexity index is 243. The highest BCUT2D eigenvalue weighted by Crippen LogP contribution is 2.28. The average Bonchev–Trinajstić information content (AvgIpc) is 2.69. The Morgan fingerprint density at radius 2 is 1.79 bits per heavy atom. The van der Waals surface area contributed by atoms with E-state index in [2.05, 4.69) is 42.6 Å². The molecule has 1 aromatic carbocycles. The normalized spacial score (nSPS) is 25.4. The fraction of sp³-hybridized carbons (Fsp3) is 0.538. The molecule has 1 heteroatoms. The first-order chi connectivity index (χ1) is 6.88. The van der Waals surface area contributed by atoms with Crippen molar-refractivity contribution in [3.05, 3.63) is 35.9 Å². The van der Waals surface area contributed by atoms with E-state index in [9.17, 15) is 0 Å². The smallest absolute Gasteiger partial charge is 0.0346 e. The number of hydrogen-bond donors (Lipinski definition) is 1. The van der Waals surface area contributed by atoms with Gasteiger partial charge in [0.15, 0.2) is 0 Å². The van der Waals surface area contributed by atoms with Gasteiger partial charge >= 0.3 is 0 Å². The van der Waals surface area contributed by atoms with E-state index in [0.717, 1.165) is 5.92 Å². The molecule has 0 spiro atoms. The molecule has 0 aliphatic carbocycles. The van der Waals surface area contributed by atoms with Gasteiger partial charge in [0, 0.05) is 6.04 Å². The van der Waals surface area contributed by atoms with Gasteiger partial charge in [0.25, 0.3) is 0 Å². The van der Waals surface area contributed by atoms with Crippen molar-refractivity contribution in [1.82, 2.24) is 5.32 Å². The lowest BCUT2D eigenvalue weighted by molar-refractivity contribution is 0.504. The molecule has 0 bridgehead atoms. The monoisotopic (exact) mass is 191 g/mol. The minimum Gasteiger partial charge on any atom is -0.310 e. The molecule has 1 N–H and O–H groups in total. The second-order valence-electron chi connectivity index (χ2n) is 3.61. The van der Waals surface area contributed by atoms with Crippen molar-refractivity contribution in [1.29, 1.82) is 0 Å². The third-order valence-corrected chi connectivity index (χ3v) is 2.69. The molecule has 2 atom stereocenters. The van der Waals surface area contributed by atoms with Gasteiger partial charge in [-0.05, 0) is 24.4 Å². The third-order valence-electron chi connectivity index (χ3n) is 2.69. The zero-order valence-corrected chi connectivity index (χ0v) is 9.46. The van der Waals surface area contributed by atoms with Crippen LogP contribution >= 0.6 is 0 Å². The second-order valence-corrected chi connectivity index (χ2v) is 3.61. The van der Waals surface area contributed by atoms with Crippen LogP contribution in [0, 0.1) is 5.92 Å². The molecule has 1 aromatic rings. The first kappa shape index (κ1) is 11.3. The van der Waals surface area contributed by atoms with E-state index >= 15 is 0 Å². The maximum atomic E-state index is 3.52. The Hall–Kier alpha value is -0.820. The van der Waals surface area contributed by atoms with Gasteiger partial charge in [-0.25, -0.2) is 0 Å². The largest absolute Gasteiger partial charge is 0.310 e. The van der Waals surface area contributed by atoms with E-state index in [4.69, 9.17) is 0 Å². The first-order valence-electron chi connectivity index (χ1n) is 5.66. The van der Waals surface area contributed by atoms with Crippen LogP contribution in [0.15, 0.2) is 30.3 Å². The minimum absolute atomic E-state index is 0.589. The van der Waals surface area contributed by atoms with Crippen LogP contribution in [0.5, 0.6) is 0 Å². The Labute approximate surface area is 87.5 Å². The standard InChI is InChI=1S/C11H15N.C2H6/c1-9-7-8-12-11(9)10-5-3-2-4-6-10;1-2/h2-6,9,11-12H,7-8H2,1H3;1-2H3. The van der Waals surface area contributed by atoms with Gasteiger partial charge in [-0.2, -0.15) is 0 Å². The van der Waals surface area contributed by atoms with Crippen molar-refractivity contribution >= 4 is 0 Å². The highest BCUT2D eigenvalue weighted by molar-refractivity contribution is 5.20. The maximum Gasteiger partial charge on any atom is 0.0346 e. The molecule has 0 saturated carbocycles. The molecule has 2 unspecified atom stereocenters. The average molecular weight is 191 g/mol. The summed E-state index contributed by atoms with van der Waals surface area (Å²) >= 11 is 0. The number of benzene rings is 1. The van der Waals surface area contributed by atoms with Crippen LogP contribution in [-0.4, -0.2) is 6.54 Å². The summed E-state index contributed by atoms with van der Waals surface area (Å²) in [5.41, 5.74) is 1.43. The highest BCUT2D eigenvalue weighted by atomic mass is 14.9. The van der Waals surface area contributed by atoms with Gasteiger partial charge in [-0.1, -0.05) is 51.1 Å². The summed E-state index contributed by atoms with van der Waals surface area (Å²) in [6.45, 7) is 7.48. The fourth-order valence-electron chi connectivity index (χ4n) is 1.94. The summed E-state index contributed by atoms with van der Waals surface area (Å²) in [6.07, 6.45) is 1.31. The SMILES string of the molecule is CC.CC1CCNC1c1ccccc1. The predicted molar refractivity (Wildman–Crippen MR) is 62.3 cm³/mol. The molecule has 1 aliphatic heterocycles. The van der Waals surface area contributed by atoms with Crippen molar-refractivity contribution in [2.45, 2.75) is 33.2 Å². The third kappa shape index (κ3) is 2.58. The molecule has 1 aliphatic rings. The molecule has 0 radical (unpaired) electrons. The molecule has 2 rings (SSSR count). The van der Waals surface area contributed by atoms with E-state index in [1.54, 1.807) is 0 Å². The van der Waals surface area contributed by atoms with Gasteiger partial charge < -0.3 is 5.32 Å². The van der Waals surface area contributed by atoms with Crippen molar-refractivity contribution in [2.75, 3.05) is 6.54 Å². The van der Waals surface area contributed by atoms with Crippen molar-refractivity contribution in [3.8, 4) is 0 Å². The van der Waals surface area contributed by atoms with Crippen LogP contribution in [0.1, 0.15) is 38.8 Å². The summed E-state index contributed by atoms with van der Waals surface area (Å²) in [7, 11) is 0. The van der Waals surface area contributed by atoms with Gasteiger partial charge in [0.2, 0.25) is 0 Å². The molecule has 1 heterocycles. The van der Waals surface area contributed by atoms with E-state index in [1.807, 2.05) is 13.8 Å². The molecule has 0 aromatic heterocycles. The van der Waals surface area contributed by atoms with Crippen LogP contribution in [0.4, 0.5) is 0 Å². The minimum atomic E-state index is 0.589. The maximum absolute atomic E-state index is 3.52. The summed E-state index contributed by atoms with van der Waals surface area (Å²) < 4.78 is 0. The number of nitrogens with one attached hydrogen (secondary N) is 1. The molecular weight excluding hydrogens is 170 g/mol. The zero-order chi connectivity index (χ0) is 10.4. The van der Waals surface area contributed by atoms with E-state index in [0.29, 0.717) is 6.04 Å². The molecule has 0 amide bonds. The summed E-state index contributed by atoms with van der Waals surface area (Å²) in [6, 6.07) is 11.3. The topological polar surface area (TPSA) is 12.0 Å². The van der Waals surface area contributed by atoms with Gasteiger partial charge in [0.05, 0.1) is 0 Å². The molecule has 78 valence electrons. The fourth-order valence-corrected chi connectivity index (χ4v) is 1.94. The van der Waals surface area contributed by atoms with Crippen LogP contribution in [0.25, 0.3) is 0 Å². The van der Waals surface area contributed by atoms with Crippen LogP contribution in [0.2, 0.25) is 0 Å². The Morgan fingerprint density at radius 1 is 1.14 bits per heavy atom. The second kappa shape index (κ2) is 5.82. The van der Waals surface area contributed by atoms with E-state index < -0.39 is 0 Å². The molecular formula is C13H21N. The van der Waals surface area contributed by atoms with Gasteiger partial charge in [-0.15, -0.1) is 0 Å². The Balaban J connectivity index is 0.000000461. The lowest BCUT2D eigenvalue weighted by Crippen LogP contribution is -2.16. The summed E-state index contributed by atoms with van der Waals surface area (Å²) in [5.74, 6) is 0.785. The van der Waals surface area contributed by atoms with Crippen LogP contribution < -0.4 is 5.32 Å². The molecule has 1 fully saturated rings. The highest BCUT2D eigenvalue weighted by Gasteiger charge is 2.23. The summed E-state index contributed by atoms with van der Waals surface area (Å²) in [5, 5.41) is 3.52. The zero-order valence-electron chi connectivity index (χ0n) is 9.46. The molecule has 14 heavy (non-hydrogen) atoms. The van der Waals surface area contributed by atoms with Crippen molar-refractivity contribution in [2.24, 2.45) is 5.92 Å². The van der Waals surface area contributed by atoms with Gasteiger partial charge in [-0.3, -0.25) is 0 Å². The van der Waals surface area contributed by atoms with Crippen LogP contribution in [0.3, 0.4) is 0 Å². The molecule has 1 nitrogen and oxygen atoms in total. The first-order valence-corrected chi connectivity index (χ1v) is 5.66. The number of rotatable bonds is 1. The number of hydrogen-bond acceptors (Lipinski definition) is 1. The summed E-state index contributed by atoms with van der Waals surface area (Å²) in [4.78, 5) is 0. The Kier molecular flexibility index (Phi) is 4.68. The Morgan fingerprint density at radius 3 is 2.29 bits per heavy atom. The van der Waals surface area contributed by atoms with Crippen LogP contribution in [-0.2, 0) is 0 Å². The predicted octanol–water partition coefficient (Wildman–Crippen LogP) is 3.38. The lowest BCUT2D eigenvalue weighted by atomic mass is 9.96. The molecule has 1 saturated heterocycles. The van der Waals surface area contributed by atoms with Crippen molar-refractivity contribution < 1.29 is 0 Å². The van der Waals surface area contributed by atoms with Gasteiger partial charge in [0.1, 0.15) is 0 Å². The van der Waals surface area contributed by atoms with Crippen molar-refractivity contribution in [3.63, 3.8) is 0 Å².